The van der Waals surface area contributed by atoms with Crippen LogP contribution < -0.4 is 10.5 Å². The number of nitrogens with two attached hydrogens (primary N) is 1. The number of nitriles is 2. The summed E-state index contributed by atoms with van der Waals surface area (Å²) in [4.78, 5) is 8.38. The van der Waals surface area contributed by atoms with E-state index < -0.39 is 0 Å². The fraction of sp³-hybridized carbons (Fsp3) is 0.143. The van der Waals surface area contributed by atoms with Crippen LogP contribution in [0.3, 0.4) is 0 Å². The number of thioether (sulfide) groups is 1. The van der Waals surface area contributed by atoms with E-state index in [9.17, 15) is 10.5 Å². The summed E-state index contributed by atoms with van der Waals surface area (Å²) in [6.07, 6.45) is 3.44. The van der Waals surface area contributed by atoms with E-state index in [0.717, 1.165) is 5.56 Å². The zero-order chi connectivity index (χ0) is 20.6. The van der Waals surface area contributed by atoms with Gasteiger partial charge in [-0.3, -0.25) is 4.98 Å². The van der Waals surface area contributed by atoms with Crippen LogP contribution in [0.4, 0.5) is 5.82 Å². The Labute approximate surface area is 172 Å². The Morgan fingerprint density at radius 1 is 1.10 bits per heavy atom. The third kappa shape index (κ3) is 4.64. The van der Waals surface area contributed by atoms with Crippen LogP contribution in [-0.4, -0.2) is 28.3 Å². The van der Waals surface area contributed by atoms with Gasteiger partial charge >= 0.3 is 0 Å². The topological polar surface area (TPSA) is 129 Å². The highest BCUT2D eigenvalue weighted by atomic mass is 32.2. The van der Waals surface area contributed by atoms with Crippen molar-refractivity contribution in [2.24, 2.45) is 0 Å². The van der Waals surface area contributed by atoms with E-state index in [-0.39, 0.29) is 24.6 Å². The highest BCUT2D eigenvalue weighted by molar-refractivity contribution is 7.98. The van der Waals surface area contributed by atoms with Crippen molar-refractivity contribution in [2.45, 2.75) is 10.8 Å². The van der Waals surface area contributed by atoms with Crippen molar-refractivity contribution in [3.8, 4) is 29.0 Å². The molecular formula is C21H17N5O2S. The number of nitrogens with zero attached hydrogens (tertiary/aromatic N) is 4. The van der Waals surface area contributed by atoms with Crippen molar-refractivity contribution in [3.05, 3.63) is 65.5 Å². The number of aliphatic hydroxyl groups is 1. The third-order valence-electron chi connectivity index (χ3n) is 4.02. The number of nitrogen functional groups attached to an aromatic ring is 1. The first-order chi connectivity index (χ1) is 14.2. The molecule has 2 aromatic heterocycles. The third-order valence-corrected chi connectivity index (χ3v) is 5.06. The Morgan fingerprint density at radius 2 is 1.86 bits per heavy atom. The minimum absolute atomic E-state index is 0.0794. The highest BCUT2D eigenvalue weighted by Crippen LogP contribution is 2.37. The average Bonchev–Trinajstić information content (AvgIpc) is 2.76. The number of aromatic nitrogens is 2. The van der Waals surface area contributed by atoms with Gasteiger partial charge in [-0.25, -0.2) is 4.98 Å². The van der Waals surface area contributed by atoms with Crippen molar-refractivity contribution in [1.82, 2.24) is 9.97 Å². The van der Waals surface area contributed by atoms with Crippen LogP contribution in [0.5, 0.6) is 5.75 Å². The molecule has 0 aliphatic heterocycles. The van der Waals surface area contributed by atoms with E-state index in [1.165, 1.54) is 11.8 Å². The van der Waals surface area contributed by atoms with Crippen molar-refractivity contribution in [3.63, 3.8) is 0 Å². The summed E-state index contributed by atoms with van der Waals surface area (Å²) >= 11 is 1.37. The van der Waals surface area contributed by atoms with Gasteiger partial charge < -0.3 is 15.6 Å². The predicted octanol–water partition coefficient (Wildman–Crippen LogP) is 3.13. The summed E-state index contributed by atoms with van der Waals surface area (Å²) in [6.45, 7) is 0.0981. The molecule has 0 bridgehead atoms. The number of hydrogen-bond acceptors (Lipinski definition) is 8. The molecule has 0 aliphatic rings. The molecule has 3 rings (SSSR count). The normalized spacial score (nSPS) is 10.2. The monoisotopic (exact) mass is 403 g/mol. The summed E-state index contributed by atoms with van der Waals surface area (Å²) in [5.41, 5.74) is 8.59. The van der Waals surface area contributed by atoms with Gasteiger partial charge in [-0.05, 0) is 29.3 Å². The van der Waals surface area contributed by atoms with Crippen LogP contribution in [0.15, 0.2) is 53.8 Å². The second kappa shape index (κ2) is 9.56. The maximum Gasteiger partial charge on any atom is 0.143 e. The quantitative estimate of drug-likeness (QED) is 0.576. The number of aliphatic hydroxyl groups excluding tert-OH is 1. The molecule has 0 atom stereocenters. The van der Waals surface area contributed by atoms with E-state index in [1.807, 2.05) is 12.1 Å². The van der Waals surface area contributed by atoms with E-state index in [2.05, 4.69) is 22.1 Å². The minimum Gasteiger partial charge on any atom is -0.491 e. The number of rotatable bonds is 7. The molecule has 0 saturated heterocycles. The van der Waals surface area contributed by atoms with Gasteiger partial charge in [-0.2, -0.15) is 10.5 Å². The SMILES string of the molecule is N#Cc1c(N)nc(SCc2cccnc2)c(C#N)c1-c1ccc(OCCO)cc1. The van der Waals surface area contributed by atoms with Gasteiger partial charge in [-0.1, -0.05) is 18.2 Å². The minimum atomic E-state index is -0.0860. The van der Waals surface area contributed by atoms with Crippen LogP contribution in [0.1, 0.15) is 16.7 Å². The summed E-state index contributed by atoms with van der Waals surface area (Å²) in [7, 11) is 0. The molecule has 144 valence electrons. The second-order valence-electron chi connectivity index (χ2n) is 5.90. The lowest BCUT2D eigenvalue weighted by molar-refractivity contribution is 0.201. The lowest BCUT2D eigenvalue weighted by atomic mass is 9.97. The molecule has 0 aliphatic carbocycles. The van der Waals surface area contributed by atoms with Crippen molar-refractivity contribution in [2.75, 3.05) is 18.9 Å². The zero-order valence-electron chi connectivity index (χ0n) is 15.4. The van der Waals surface area contributed by atoms with Gasteiger partial charge in [0.05, 0.1) is 12.2 Å². The molecule has 0 radical (unpaired) electrons. The Kier molecular flexibility index (Phi) is 6.64. The molecule has 1 aromatic carbocycles. The maximum absolute atomic E-state index is 9.82. The molecule has 29 heavy (non-hydrogen) atoms. The Balaban J connectivity index is 2.02. The van der Waals surface area contributed by atoms with Crippen LogP contribution in [0.2, 0.25) is 0 Å². The summed E-state index contributed by atoms with van der Waals surface area (Å²) in [5.74, 6) is 1.22. The van der Waals surface area contributed by atoms with Crippen LogP contribution >= 0.6 is 11.8 Å². The molecule has 3 N–H and O–H groups in total. The molecule has 0 saturated carbocycles. The van der Waals surface area contributed by atoms with E-state index in [1.54, 1.807) is 36.7 Å². The lowest BCUT2D eigenvalue weighted by Gasteiger charge is -2.13. The van der Waals surface area contributed by atoms with Crippen LogP contribution in [0, 0.1) is 22.7 Å². The molecule has 0 amide bonds. The molecule has 2 heterocycles. The fourth-order valence-electron chi connectivity index (χ4n) is 2.71. The van der Waals surface area contributed by atoms with Gasteiger partial charge in [0.15, 0.2) is 0 Å². The maximum atomic E-state index is 9.82. The molecule has 8 heteroatoms. The van der Waals surface area contributed by atoms with Gasteiger partial charge in [0, 0.05) is 23.7 Å². The molecule has 0 fully saturated rings. The summed E-state index contributed by atoms with van der Waals surface area (Å²) in [5, 5.41) is 28.8. The largest absolute Gasteiger partial charge is 0.491 e. The average molecular weight is 403 g/mol. The zero-order valence-corrected chi connectivity index (χ0v) is 16.2. The predicted molar refractivity (Wildman–Crippen MR) is 110 cm³/mol. The Bertz CT molecular complexity index is 1070. The fourth-order valence-corrected chi connectivity index (χ4v) is 3.64. The van der Waals surface area contributed by atoms with Gasteiger partial charge in [0.1, 0.15) is 40.9 Å². The van der Waals surface area contributed by atoms with E-state index in [0.29, 0.717) is 33.2 Å². The highest BCUT2D eigenvalue weighted by Gasteiger charge is 2.20. The molecule has 7 nitrogen and oxygen atoms in total. The van der Waals surface area contributed by atoms with Crippen LogP contribution in [0.25, 0.3) is 11.1 Å². The molecule has 0 spiro atoms. The Morgan fingerprint density at radius 3 is 2.48 bits per heavy atom. The summed E-state index contributed by atoms with van der Waals surface area (Å²) < 4.78 is 5.37. The smallest absolute Gasteiger partial charge is 0.143 e. The Hall–Kier alpha value is -3.59. The molecule has 0 unspecified atom stereocenters. The van der Waals surface area contributed by atoms with Gasteiger partial charge in [0.25, 0.3) is 0 Å². The van der Waals surface area contributed by atoms with Crippen LogP contribution in [-0.2, 0) is 5.75 Å². The van der Waals surface area contributed by atoms with Gasteiger partial charge in [-0.15, -0.1) is 11.8 Å². The van der Waals surface area contributed by atoms with Gasteiger partial charge in [0.2, 0.25) is 0 Å². The number of pyridine rings is 2. The summed E-state index contributed by atoms with van der Waals surface area (Å²) in [6, 6.07) is 14.9. The first-order valence-electron chi connectivity index (χ1n) is 8.67. The van der Waals surface area contributed by atoms with Crippen molar-refractivity contribution < 1.29 is 9.84 Å². The number of benzene rings is 1. The standard InChI is InChI=1S/C21H17N5O2S/c22-10-17-19(15-3-5-16(6-4-15)28-9-8-27)18(11-23)21(26-20(17)24)29-13-14-2-1-7-25-12-14/h1-7,12,27H,8-9,13H2,(H2,24,26). The lowest BCUT2D eigenvalue weighted by Crippen LogP contribution is -2.04. The molecule has 3 aromatic rings. The molecular weight excluding hydrogens is 386 g/mol. The van der Waals surface area contributed by atoms with Crippen molar-refractivity contribution in [1.29, 1.82) is 10.5 Å². The van der Waals surface area contributed by atoms with Crippen molar-refractivity contribution >= 4 is 17.6 Å². The first kappa shape index (κ1) is 20.2. The first-order valence-corrected chi connectivity index (χ1v) is 9.66. The second-order valence-corrected chi connectivity index (χ2v) is 6.86. The number of ether oxygens (including phenoxy) is 1. The van der Waals surface area contributed by atoms with E-state index >= 15 is 0 Å². The number of hydrogen-bond donors (Lipinski definition) is 2. The van der Waals surface area contributed by atoms with E-state index in [4.69, 9.17) is 15.6 Å². The number of anilines is 1.